The summed E-state index contributed by atoms with van der Waals surface area (Å²) < 4.78 is 5.54. The van der Waals surface area contributed by atoms with Crippen LogP contribution in [0.4, 0.5) is 5.69 Å². The Balaban J connectivity index is 1.64. The average molecular weight is 396 g/mol. The molecule has 0 radical (unpaired) electrons. The third-order valence-corrected chi connectivity index (χ3v) is 5.73. The molecular formula is C23H26ClN3O. The lowest BCUT2D eigenvalue weighted by Crippen LogP contribution is -2.47. The molecule has 0 amide bonds. The van der Waals surface area contributed by atoms with Crippen LogP contribution in [-0.4, -0.2) is 55.8 Å². The summed E-state index contributed by atoms with van der Waals surface area (Å²) in [6, 6.07) is 19.1. The lowest BCUT2D eigenvalue weighted by Gasteiger charge is -2.36. The summed E-state index contributed by atoms with van der Waals surface area (Å²) in [5, 5.41) is 1.85. The van der Waals surface area contributed by atoms with Gasteiger partial charge in [0.1, 0.15) is 0 Å². The Kier molecular flexibility index (Phi) is 6.10. The van der Waals surface area contributed by atoms with E-state index in [4.69, 9.17) is 16.3 Å². The first-order valence-electron chi connectivity index (χ1n) is 9.82. The highest BCUT2D eigenvalue weighted by molar-refractivity contribution is 6.31. The van der Waals surface area contributed by atoms with Crippen molar-refractivity contribution in [2.24, 2.45) is 0 Å². The molecule has 4 rings (SSSR count). The van der Waals surface area contributed by atoms with Gasteiger partial charge in [-0.1, -0.05) is 41.9 Å². The van der Waals surface area contributed by atoms with E-state index in [0.29, 0.717) is 11.1 Å². The molecule has 1 fully saturated rings. The van der Waals surface area contributed by atoms with Gasteiger partial charge in [0.2, 0.25) is 0 Å². The molecule has 3 aromatic rings. The molecule has 1 aromatic heterocycles. The highest BCUT2D eigenvalue weighted by Gasteiger charge is 2.22. The lowest BCUT2D eigenvalue weighted by atomic mass is 10.0. The molecule has 1 aliphatic heterocycles. The van der Waals surface area contributed by atoms with Crippen LogP contribution >= 0.6 is 11.6 Å². The van der Waals surface area contributed by atoms with E-state index in [1.807, 2.05) is 18.3 Å². The molecule has 5 heteroatoms. The quantitative estimate of drug-likeness (QED) is 0.623. The molecule has 0 N–H and O–H groups in total. The Hall–Kier alpha value is -2.14. The van der Waals surface area contributed by atoms with E-state index < -0.39 is 0 Å². The molecular weight excluding hydrogens is 370 g/mol. The Morgan fingerprint density at radius 2 is 1.89 bits per heavy atom. The van der Waals surface area contributed by atoms with Crippen molar-refractivity contribution in [1.82, 2.24) is 9.88 Å². The van der Waals surface area contributed by atoms with Crippen LogP contribution in [-0.2, 0) is 11.2 Å². The average Bonchev–Trinajstić information content (AvgIpc) is 2.73. The lowest BCUT2D eigenvalue weighted by molar-refractivity contribution is 0.0351. The summed E-state index contributed by atoms with van der Waals surface area (Å²) >= 11 is 6.18. The molecule has 1 atom stereocenters. The Morgan fingerprint density at radius 1 is 1.11 bits per heavy atom. The predicted octanol–water partition coefficient (Wildman–Crippen LogP) is 4.27. The smallest absolute Gasteiger partial charge is 0.0737 e. The van der Waals surface area contributed by atoms with Crippen LogP contribution < -0.4 is 4.90 Å². The number of nitrogens with zero attached hydrogens (tertiary/aromatic N) is 3. The SMILES string of the molecule is CN(c1ccnc2cc(Cl)ccc12)C(Cc1ccccc1)CN1CCOCC1. The molecule has 28 heavy (non-hydrogen) atoms. The van der Waals surface area contributed by atoms with Crippen molar-refractivity contribution in [1.29, 1.82) is 0 Å². The fourth-order valence-corrected chi connectivity index (χ4v) is 4.07. The maximum atomic E-state index is 6.18. The third-order valence-electron chi connectivity index (χ3n) is 5.50. The van der Waals surface area contributed by atoms with Crippen LogP contribution in [0.5, 0.6) is 0 Å². The van der Waals surface area contributed by atoms with Crippen LogP contribution in [0.3, 0.4) is 0 Å². The van der Waals surface area contributed by atoms with Gasteiger partial charge in [0, 0.05) is 55.0 Å². The first kappa shape index (κ1) is 19.2. The Bertz CT molecular complexity index is 912. The van der Waals surface area contributed by atoms with Gasteiger partial charge in [-0.15, -0.1) is 0 Å². The Morgan fingerprint density at radius 3 is 2.68 bits per heavy atom. The summed E-state index contributed by atoms with van der Waals surface area (Å²) in [5.41, 5.74) is 3.48. The van der Waals surface area contributed by atoms with Crippen LogP contribution in [0, 0.1) is 0 Å². The van der Waals surface area contributed by atoms with Gasteiger partial charge in [-0.3, -0.25) is 9.88 Å². The summed E-state index contributed by atoms with van der Waals surface area (Å²) in [5.74, 6) is 0. The van der Waals surface area contributed by atoms with E-state index >= 15 is 0 Å². The maximum absolute atomic E-state index is 6.18. The van der Waals surface area contributed by atoms with Crippen molar-refractivity contribution in [3.8, 4) is 0 Å². The second-order valence-electron chi connectivity index (χ2n) is 7.36. The first-order valence-corrected chi connectivity index (χ1v) is 10.2. The fourth-order valence-electron chi connectivity index (χ4n) is 3.90. The number of pyridine rings is 1. The molecule has 1 aliphatic rings. The largest absolute Gasteiger partial charge is 0.379 e. The standard InChI is InChI=1S/C23H26ClN3O/c1-26(23-9-10-25-22-16-19(24)7-8-21(22)23)20(15-18-5-3-2-4-6-18)17-27-11-13-28-14-12-27/h2-10,16,20H,11-15,17H2,1H3. The van der Waals surface area contributed by atoms with Gasteiger partial charge in [0.25, 0.3) is 0 Å². The first-order chi connectivity index (χ1) is 13.7. The number of ether oxygens (including phenoxy) is 1. The maximum Gasteiger partial charge on any atom is 0.0737 e. The van der Waals surface area contributed by atoms with Gasteiger partial charge < -0.3 is 9.64 Å². The van der Waals surface area contributed by atoms with E-state index in [0.717, 1.165) is 50.2 Å². The van der Waals surface area contributed by atoms with Crippen LogP contribution in [0.2, 0.25) is 5.02 Å². The van der Waals surface area contributed by atoms with Crippen molar-refractivity contribution in [2.45, 2.75) is 12.5 Å². The van der Waals surface area contributed by atoms with Gasteiger partial charge in [-0.25, -0.2) is 0 Å². The van der Waals surface area contributed by atoms with Crippen molar-refractivity contribution in [3.05, 3.63) is 71.4 Å². The number of benzene rings is 2. The topological polar surface area (TPSA) is 28.6 Å². The van der Waals surface area contributed by atoms with Gasteiger partial charge in [-0.05, 0) is 36.2 Å². The van der Waals surface area contributed by atoms with Crippen molar-refractivity contribution >= 4 is 28.2 Å². The molecule has 0 aliphatic carbocycles. The van der Waals surface area contributed by atoms with Crippen molar-refractivity contribution in [2.75, 3.05) is 44.8 Å². The molecule has 1 saturated heterocycles. The number of anilines is 1. The molecule has 2 aromatic carbocycles. The number of rotatable bonds is 6. The Labute approximate surface area is 171 Å². The second kappa shape index (κ2) is 8.91. The minimum absolute atomic E-state index is 0.349. The van der Waals surface area contributed by atoms with Crippen LogP contribution in [0.15, 0.2) is 60.8 Å². The second-order valence-corrected chi connectivity index (χ2v) is 7.80. The number of hydrogen-bond acceptors (Lipinski definition) is 4. The van der Waals surface area contributed by atoms with E-state index in [2.05, 4.69) is 64.3 Å². The fraction of sp³-hybridized carbons (Fsp3) is 0.348. The van der Waals surface area contributed by atoms with Crippen molar-refractivity contribution < 1.29 is 4.74 Å². The number of hydrogen-bond donors (Lipinski definition) is 0. The highest BCUT2D eigenvalue weighted by Crippen LogP contribution is 2.29. The molecule has 1 unspecified atom stereocenters. The van der Waals surface area contributed by atoms with Crippen LogP contribution in [0.1, 0.15) is 5.56 Å². The van der Waals surface area contributed by atoms with E-state index in [-0.39, 0.29) is 0 Å². The predicted molar refractivity (Wildman–Crippen MR) is 116 cm³/mol. The van der Waals surface area contributed by atoms with E-state index in [1.165, 1.54) is 11.3 Å². The monoisotopic (exact) mass is 395 g/mol. The molecule has 146 valence electrons. The van der Waals surface area contributed by atoms with Gasteiger partial charge in [0.05, 0.1) is 18.7 Å². The zero-order valence-corrected chi connectivity index (χ0v) is 17.0. The van der Waals surface area contributed by atoms with E-state index in [1.54, 1.807) is 0 Å². The number of halogens is 1. The molecule has 0 bridgehead atoms. The third kappa shape index (κ3) is 4.46. The number of aromatic nitrogens is 1. The molecule has 4 nitrogen and oxygen atoms in total. The zero-order chi connectivity index (χ0) is 19.3. The zero-order valence-electron chi connectivity index (χ0n) is 16.2. The summed E-state index contributed by atoms with van der Waals surface area (Å²) in [7, 11) is 2.19. The minimum Gasteiger partial charge on any atom is -0.379 e. The van der Waals surface area contributed by atoms with E-state index in [9.17, 15) is 0 Å². The summed E-state index contributed by atoms with van der Waals surface area (Å²) in [6.07, 6.45) is 2.87. The van der Waals surface area contributed by atoms with Gasteiger partial charge >= 0.3 is 0 Å². The van der Waals surface area contributed by atoms with Crippen LogP contribution in [0.25, 0.3) is 10.9 Å². The van der Waals surface area contributed by atoms with Crippen molar-refractivity contribution in [3.63, 3.8) is 0 Å². The molecule has 0 saturated carbocycles. The molecule has 0 spiro atoms. The number of morpholine rings is 1. The van der Waals surface area contributed by atoms with Gasteiger partial charge in [0.15, 0.2) is 0 Å². The highest BCUT2D eigenvalue weighted by atomic mass is 35.5. The summed E-state index contributed by atoms with van der Waals surface area (Å²) in [6.45, 7) is 4.63. The number of fused-ring (bicyclic) bond motifs is 1. The number of likely N-dealkylation sites (N-methyl/N-ethyl adjacent to an activating group) is 1. The molecule has 2 heterocycles. The minimum atomic E-state index is 0.349. The van der Waals surface area contributed by atoms with Gasteiger partial charge in [-0.2, -0.15) is 0 Å². The normalized spacial score (nSPS) is 16.2. The summed E-state index contributed by atoms with van der Waals surface area (Å²) in [4.78, 5) is 9.42.